The highest BCUT2D eigenvalue weighted by molar-refractivity contribution is 7.89. The maximum absolute atomic E-state index is 13.5. The molecule has 1 saturated carbocycles. The highest BCUT2D eigenvalue weighted by Crippen LogP contribution is 2.35. The Kier molecular flexibility index (Phi) is 7.09. The lowest BCUT2D eigenvalue weighted by atomic mass is 10.1. The van der Waals surface area contributed by atoms with Gasteiger partial charge >= 0.3 is 0 Å². The second-order valence-corrected chi connectivity index (χ2v) is 9.84. The maximum atomic E-state index is 13.5. The molecule has 3 rings (SSSR count). The third-order valence-corrected chi connectivity index (χ3v) is 7.48. The fourth-order valence-corrected chi connectivity index (χ4v) is 5.90. The Morgan fingerprint density at radius 2 is 1.79 bits per heavy atom. The van der Waals surface area contributed by atoms with E-state index >= 15 is 0 Å². The van der Waals surface area contributed by atoms with E-state index in [-0.39, 0.29) is 28.6 Å². The van der Waals surface area contributed by atoms with Gasteiger partial charge < -0.3 is 9.47 Å². The lowest BCUT2D eigenvalue weighted by Gasteiger charge is -2.29. The summed E-state index contributed by atoms with van der Waals surface area (Å²) >= 11 is 6.24. The largest absolute Gasteiger partial charge is 0.493 e. The minimum absolute atomic E-state index is 0.0167. The molecule has 0 atom stereocenters. The van der Waals surface area contributed by atoms with Crippen molar-refractivity contribution in [3.63, 3.8) is 0 Å². The number of sulfonamides is 1. The smallest absolute Gasteiger partial charge is 0.245 e. The first-order valence-electron chi connectivity index (χ1n) is 9.93. The van der Waals surface area contributed by atoms with Crippen LogP contribution in [0.3, 0.4) is 0 Å². The van der Waals surface area contributed by atoms with Crippen molar-refractivity contribution in [2.45, 2.75) is 63.1 Å². The zero-order chi connectivity index (χ0) is 21.0. The van der Waals surface area contributed by atoms with Gasteiger partial charge in [-0.2, -0.15) is 4.31 Å². The first-order chi connectivity index (χ1) is 13.8. The summed E-state index contributed by atoms with van der Waals surface area (Å²) in [5, 5.41) is 0.244. The van der Waals surface area contributed by atoms with Crippen LogP contribution in [-0.4, -0.2) is 32.0 Å². The number of nitrogens with zero attached hydrogens (tertiary/aromatic N) is 1. The van der Waals surface area contributed by atoms with E-state index in [9.17, 15) is 8.42 Å². The summed E-state index contributed by atoms with van der Waals surface area (Å²) < 4.78 is 39.9. The molecule has 2 aromatic carbocycles. The minimum Gasteiger partial charge on any atom is -0.493 e. The fourth-order valence-electron chi connectivity index (χ4n) is 3.73. The molecule has 1 fully saturated rings. The van der Waals surface area contributed by atoms with Crippen LogP contribution in [0.25, 0.3) is 0 Å². The quantitative estimate of drug-likeness (QED) is 0.564. The van der Waals surface area contributed by atoms with Crippen LogP contribution in [0.5, 0.6) is 11.5 Å². The number of rotatable bonds is 8. The zero-order valence-electron chi connectivity index (χ0n) is 17.1. The predicted molar refractivity (Wildman–Crippen MR) is 115 cm³/mol. The standard InChI is InChI=1S/C22H28ClNO4S/c1-16(2)28-21-14-17(12-13-20(21)27-3)15-24(18-8-4-5-9-18)29(25,26)22-11-7-6-10-19(22)23/h6-7,10-14,16,18H,4-5,8-9,15H2,1-3H3. The van der Waals surface area contributed by atoms with E-state index < -0.39 is 10.0 Å². The van der Waals surface area contributed by atoms with Gasteiger partial charge in [-0.25, -0.2) is 8.42 Å². The van der Waals surface area contributed by atoms with Gasteiger partial charge in [0.2, 0.25) is 10.0 Å². The van der Waals surface area contributed by atoms with Gasteiger partial charge in [0.05, 0.1) is 18.2 Å². The van der Waals surface area contributed by atoms with Crippen molar-refractivity contribution in [1.82, 2.24) is 4.31 Å². The molecule has 0 aromatic heterocycles. The Bertz CT molecular complexity index is 940. The Labute approximate surface area is 178 Å². The molecular weight excluding hydrogens is 410 g/mol. The van der Waals surface area contributed by atoms with Crippen LogP contribution < -0.4 is 9.47 Å². The van der Waals surface area contributed by atoms with Gasteiger partial charge in [-0.05, 0) is 56.5 Å². The van der Waals surface area contributed by atoms with Crippen molar-refractivity contribution in [2.24, 2.45) is 0 Å². The van der Waals surface area contributed by atoms with Crippen LogP contribution in [-0.2, 0) is 16.6 Å². The molecule has 0 aliphatic heterocycles. The third-order valence-electron chi connectivity index (χ3n) is 5.08. The number of halogens is 1. The van der Waals surface area contributed by atoms with Crippen LogP contribution >= 0.6 is 11.6 Å². The summed E-state index contributed by atoms with van der Waals surface area (Å²) in [5.41, 5.74) is 0.851. The summed E-state index contributed by atoms with van der Waals surface area (Å²) in [7, 11) is -2.14. The molecule has 0 N–H and O–H groups in total. The number of benzene rings is 2. The van der Waals surface area contributed by atoms with Crippen LogP contribution in [0.4, 0.5) is 0 Å². The van der Waals surface area contributed by atoms with E-state index in [2.05, 4.69) is 0 Å². The summed E-state index contributed by atoms with van der Waals surface area (Å²) in [5.74, 6) is 1.24. The Morgan fingerprint density at radius 1 is 1.10 bits per heavy atom. The monoisotopic (exact) mass is 437 g/mol. The van der Waals surface area contributed by atoms with Gasteiger partial charge in [-0.15, -0.1) is 0 Å². The molecule has 1 aliphatic rings. The minimum atomic E-state index is -3.74. The van der Waals surface area contributed by atoms with E-state index in [1.807, 2.05) is 32.0 Å². The van der Waals surface area contributed by atoms with E-state index in [0.717, 1.165) is 31.2 Å². The topological polar surface area (TPSA) is 55.8 Å². The molecule has 29 heavy (non-hydrogen) atoms. The van der Waals surface area contributed by atoms with Crippen LogP contribution in [0.2, 0.25) is 5.02 Å². The van der Waals surface area contributed by atoms with Crippen molar-refractivity contribution in [1.29, 1.82) is 0 Å². The number of hydrogen-bond donors (Lipinski definition) is 0. The highest BCUT2D eigenvalue weighted by Gasteiger charge is 2.34. The molecule has 0 saturated heterocycles. The van der Waals surface area contributed by atoms with Crippen LogP contribution in [0.1, 0.15) is 45.1 Å². The average Bonchev–Trinajstić information content (AvgIpc) is 3.20. The SMILES string of the molecule is COc1ccc(CN(C2CCCC2)S(=O)(=O)c2ccccc2Cl)cc1OC(C)C. The van der Waals surface area contributed by atoms with Gasteiger partial charge in [0.1, 0.15) is 4.90 Å². The first-order valence-corrected chi connectivity index (χ1v) is 11.7. The van der Waals surface area contributed by atoms with E-state index in [1.165, 1.54) is 0 Å². The summed E-state index contributed by atoms with van der Waals surface area (Å²) in [6, 6.07) is 12.2. The summed E-state index contributed by atoms with van der Waals surface area (Å²) in [6.45, 7) is 4.15. The van der Waals surface area contributed by atoms with Gasteiger partial charge in [-0.3, -0.25) is 0 Å². The Balaban J connectivity index is 1.98. The molecular formula is C22H28ClNO4S. The number of methoxy groups -OCH3 is 1. The molecule has 7 heteroatoms. The number of hydrogen-bond acceptors (Lipinski definition) is 4. The summed E-state index contributed by atoms with van der Waals surface area (Å²) in [4.78, 5) is 0.153. The molecule has 5 nitrogen and oxygen atoms in total. The van der Waals surface area contributed by atoms with Crippen molar-refractivity contribution in [3.05, 3.63) is 53.1 Å². The van der Waals surface area contributed by atoms with E-state index in [1.54, 1.807) is 35.7 Å². The number of ether oxygens (including phenoxy) is 2. The molecule has 0 unspecified atom stereocenters. The van der Waals surface area contributed by atoms with E-state index in [0.29, 0.717) is 11.5 Å². The van der Waals surface area contributed by atoms with Gasteiger partial charge in [0.25, 0.3) is 0 Å². The van der Waals surface area contributed by atoms with Crippen LogP contribution in [0, 0.1) is 0 Å². The molecule has 0 spiro atoms. The van der Waals surface area contributed by atoms with Gasteiger partial charge in [-0.1, -0.05) is 42.6 Å². The predicted octanol–water partition coefficient (Wildman–Crippen LogP) is 5.27. The lowest BCUT2D eigenvalue weighted by molar-refractivity contribution is 0.229. The lowest BCUT2D eigenvalue weighted by Crippen LogP contribution is -2.38. The highest BCUT2D eigenvalue weighted by atomic mass is 35.5. The summed E-state index contributed by atoms with van der Waals surface area (Å²) in [6.07, 6.45) is 3.76. The van der Waals surface area contributed by atoms with Gasteiger partial charge in [0, 0.05) is 12.6 Å². The van der Waals surface area contributed by atoms with Crippen molar-refractivity contribution < 1.29 is 17.9 Å². The zero-order valence-corrected chi connectivity index (χ0v) is 18.7. The van der Waals surface area contributed by atoms with Crippen molar-refractivity contribution in [2.75, 3.05) is 7.11 Å². The molecule has 158 valence electrons. The van der Waals surface area contributed by atoms with Crippen molar-refractivity contribution >= 4 is 21.6 Å². The second-order valence-electron chi connectivity index (χ2n) is 7.57. The second kappa shape index (κ2) is 9.37. The average molecular weight is 438 g/mol. The normalized spacial score (nSPS) is 15.2. The maximum Gasteiger partial charge on any atom is 0.245 e. The molecule has 0 amide bonds. The molecule has 1 aliphatic carbocycles. The molecule has 0 heterocycles. The molecule has 2 aromatic rings. The van der Waals surface area contributed by atoms with Crippen LogP contribution in [0.15, 0.2) is 47.4 Å². The first kappa shape index (κ1) is 21.9. The molecule has 0 radical (unpaired) electrons. The van der Waals surface area contributed by atoms with E-state index in [4.69, 9.17) is 21.1 Å². The third kappa shape index (κ3) is 5.05. The molecule has 0 bridgehead atoms. The Morgan fingerprint density at radius 3 is 2.41 bits per heavy atom. The fraction of sp³-hybridized carbons (Fsp3) is 0.455. The van der Waals surface area contributed by atoms with Crippen molar-refractivity contribution in [3.8, 4) is 11.5 Å². The van der Waals surface area contributed by atoms with Gasteiger partial charge in [0.15, 0.2) is 11.5 Å². The Hall–Kier alpha value is -1.76.